The lowest BCUT2D eigenvalue weighted by molar-refractivity contribution is 0.0930. The number of hydrogen-bond donors (Lipinski definition) is 2. The van der Waals surface area contributed by atoms with Crippen LogP contribution in [0, 0.1) is 0 Å². The molecule has 4 rings (SSSR count). The highest BCUT2D eigenvalue weighted by Crippen LogP contribution is 2.28. The third-order valence-corrected chi connectivity index (χ3v) is 5.04. The highest BCUT2D eigenvalue weighted by Gasteiger charge is 2.39. The van der Waals surface area contributed by atoms with Crippen molar-refractivity contribution in [3.63, 3.8) is 0 Å². The highest BCUT2D eigenvalue weighted by atomic mass is 16.5. The monoisotopic (exact) mass is 351 g/mol. The molecule has 2 aliphatic rings. The Labute approximate surface area is 152 Å². The number of nitrogens with zero attached hydrogens (tertiary/aromatic N) is 1. The SMILES string of the molecule is CC(=O)c1cccc(Oc2ccc(C(=O)N[C@@H]3C[C@H]4CC[C@@H]3N4)cc2)n1. The van der Waals surface area contributed by atoms with Crippen molar-refractivity contribution in [3.8, 4) is 11.6 Å². The van der Waals surface area contributed by atoms with Gasteiger partial charge in [-0.1, -0.05) is 6.07 Å². The lowest BCUT2D eigenvalue weighted by atomic mass is 9.95. The zero-order chi connectivity index (χ0) is 18.1. The third-order valence-electron chi connectivity index (χ3n) is 5.04. The summed E-state index contributed by atoms with van der Waals surface area (Å²) < 4.78 is 5.67. The molecule has 2 bridgehead atoms. The fourth-order valence-electron chi connectivity index (χ4n) is 3.70. The molecular weight excluding hydrogens is 330 g/mol. The number of nitrogens with one attached hydrogen (secondary N) is 2. The van der Waals surface area contributed by atoms with Gasteiger partial charge in [-0.05, 0) is 49.6 Å². The van der Waals surface area contributed by atoms with Gasteiger partial charge in [0.05, 0.1) is 0 Å². The predicted molar refractivity (Wildman–Crippen MR) is 96.6 cm³/mol. The Bertz CT molecular complexity index is 834. The number of rotatable bonds is 5. The smallest absolute Gasteiger partial charge is 0.251 e. The lowest BCUT2D eigenvalue weighted by Crippen LogP contribution is -2.42. The predicted octanol–water partition coefficient (Wildman–Crippen LogP) is 2.70. The molecule has 0 saturated carbocycles. The van der Waals surface area contributed by atoms with Gasteiger partial charge in [0.1, 0.15) is 11.4 Å². The number of ketones is 1. The van der Waals surface area contributed by atoms with Gasteiger partial charge in [0, 0.05) is 36.7 Å². The van der Waals surface area contributed by atoms with Gasteiger partial charge in [-0.25, -0.2) is 4.98 Å². The Morgan fingerprint density at radius 3 is 2.62 bits per heavy atom. The van der Waals surface area contributed by atoms with Gasteiger partial charge in [-0.2, -0.15) is 0 Å². The number of pyridine rings is 1. The molecule has 6 nitrogen and oxygen atoms in total. The summed E-state index contributed by atoms with van der Waals surface area (Å²) in [6.07, 6.45) is 3.35. The second-order valence-electron chi connectivity index (χ2n) is 6.91. The molecule has 134 valence electrons. The number of amides is 1. The maximum absolute atomic E-state index is 12.4. The Hall–Kier alpha value is -2.73. The average Bonchev–Trinajstić information content (AvgIpc) is 3.25. The van der Waals surface area contributed by atoms with E-state index in [1.54, 1.807) is 42.5 Å². The Kier molecular flexibility index (Phi) is 4.42. The van der Waals surface area contributed by atoms with Gasteiger partial charge in [-0.3, -0.25) is 9.59 Å². The summed E-state index contributed by atoms with van der Waals surface area (Å²) in [6, 6.07) is 13.2. The molecule has 2 saturated heterocycles. The van der Waals surface area contributed by atoms with Gasteiger partial charge in [0.15, 0.2) is 5.78 Å². The maximum Gasteiger partial charge on any atom is 0.251 e. The molecule has 3 heterocycles. The first-order valence-electron chi connectivity index (χ1n) is 8.91. The number of carbonyl (C=O) groups is 2. The largest absolute Gasteiger partial charge is 0.439 e. The summed E-state index contributed by atoms with van der Waals surface area (Å²) in [6.45, 7) is 1.46. The molecule has 2 fully saturated rings. The molecule has 6 heteroatoms. The van der Waals surface area contributed by atoms with Gasteiger partial charge in [-0.15, -0.1) is 0 Å². The summed E-state index contributed by atoms with van der Waals surface area (Å²) >= 11 is 0. The second kappa shape index (κ2) is 6.88. The number of aromatic nitrogens is 1. The van der Waals surface area contributed by atoms with Crippen LogP contribution >= 0.6 is 0 Å². The van der Waals surface area contributed by atoms with Crippen molar-refractivity contribution in [1.29, 1.82) is 0 Å². The molecule has 1 aromatic carbocycles. The molecular formula is C20H21N3O3. The summed E-state index contributed by atoms with van der Waals surface area (Å²) in [5.41, 5.74) is 0.962. The van der Waals surface area contributed by atoms with E-state index >= 15 is 0 Å². The molecule has 3 atom stereocenters. The van der Waals surface area contributed by atoms with Crippen molar-refractivity contribution in [1.82, 2.24) is 15.6 Å². The van der Waals surface area contributed by atoms with E-state index in [9.17, 15) is 9.59 Å². The summed E-state index contributed by atoms with van der Waals surface area (Å²) in [7, 11) is 0. The van der Waals surface area contributed by atoms with Crippen molar-refractivity contribution >= 4 is 11.7 Å². The Morgan fingerprint density at radius 2 is 1.96 bits per heavy atom. The van der Waals surface area contributed by atoms with E-state index in [2.05, 4.69) is 15.6 Å². The number of Topliss-reactive ketones (excluding diaryl/α,β-unsaturated/α-hetero) is 1. The zero-order valence-electron chi connectivity index (χ0n) is 14.6. The zero-order valence-corrected chi connectivity index (χ0v) is 14.6. The molecule has 26 heavy (non-hydrogen) atoms. The molecule has 0 aliphatic carbocycles. The fourth-order valence-corrected chi connectivity index (χ4v) is 3.70. The standard InChI is InChI=1S/C20H21N3O3/c1-12(24)16-3-2-4-19(22-16)26-15-8-5-13(6-9-15)20(25)23-18-11-14-7-10-17(18)21-14/h2-6,8-9,14,17-18,21H,7,10-11H2,1H3,(H,23,25)/t14-,17+,18-/m1/s1. The van der Waals surface area contributed by atoms with Crippen LogP contribution in [0.5, 0.6) is 11.6 Å². The maximum atomic E-state index is 12.4. The topological polar surface area (TPSA) is 80.3 Å². The van der Waals surface area contributed by atoms with E-state index in [0.717, 1.165) is 12.8 Å². The minimum absolute atomic E-state index is 0.0624. The van der Waals surface area contributed by atoms with Gasteiger partial charge < -0.3 is 15.4 Å². The van der Waals surface area contributed by atoms with Crippen LogP contribution in [-0.2, 0) is 0 Å². The van der Waals surface area contributed by atoms with Crippen LogP contribution in [0.1, 0.15) is 47.0 Å². The highest BCUT2D eigenvalue weighted by molar-refractivity contribution is 5.94. The van der Waals surface area contributed by atoms with Crippen LogP contribution in [0.4, 0.5) is 0 Å². The van der Waals surface area contributed by atoms with E-state index in [1.807, 2.05) is 0 Å². The minimum Gasteiger partial charge on any atom is -0.439 e. The van der Waals surface area contributed by atoms with Crippen LogP contribution in [-0.4, -0.2) is 34.8 Å². The van der Waals surface area contributed by atoms with Crippen molar-refractivity contribution < 1.29 is 14.3 Å². The van der Waals surface area contributed by atoms with Gasteiger partial charge in [0.25, 0.3) is 5.91 Å². The van der Waals surface area contributed by atoms with Crippen LogP contribution < -0.4 is 15.4 Å². The number of benzene rings is 1. The molecule has 2 N–H and O–H groups in total. The molecule has 0 radical (unpaired) electrons. The van der Waals surface area contributed by atoms with Gasteiger partial charge in [0.2, 0.25) is 5.88 Å². The molecule has 2 aliphatic heterocycles. The van der Waals surface area contributed by atoms with Crippen LogP contribution in [0.25, 0.3) is 0 Å². The number of carbonyl (C=O) groups excluding carboxylic acids is 2. The second-order valence-corrected chi connectivity index (χ2v) is 6.91. The van der Waals surface area contributed by atoms with Crippen molar-refractivity contribution in [2.45, 2.75) is 44.3 Å². The first kappa shape index (κ1) is 16.7. The normalized spacial score (nSPS) is 23.7. The third kappa shape index (κ3) is 3.46. The van der Waals surface area contributed by atoms with E-state index in [1.165, 1.54) is 13.3 Å². The Balaban J connectivity index is 1.39. The quantitative estimate of drug-likeness (QED) is 0.810. The first-order valence-corrected chi connectivity index (χ1v) is 8.91. The van der Waals surface area contributed by atoms with Crippen molar-refractivity contribution in [2.75, 3.05) is 0 Å². The number of hydrogen-bond acceptors (Lipinski definition) is 5. The van der Waals surface area contributed by atoms with Crippen molar-refractivity contribution in [3.05, 3.63) is 53.7 Å². The molecule has 1 aromatic heterocycles. The van der Waals surface area contributed by atoms with E-state index in [-0.39, 0.29) is 17.7 Å². The number of ether oxygens (including phenoxy) is 1. The minimum atomic E-state index is -0.113. The van der Waals surface area contributed by atoms with Crippen LogP contribution in [0.3, 0.4) is 0 Å². The lowest BCUT2D eigenvalue weighted by Gasteiger charge is -2.21. The molecule has 0 spiro atoms. The van der Waals surface area contributed by atoms with E-state index in [4.69, 9.17) is 4.74 Å². The molecule has 0 unspecified atom stereocenters. The average molecular weight is 351 g/mol. The first-order chi connectivity index (χ1) is 12.6. The van der Waals surface area contributed by atoms with Gasteiger partial charge >= 0.3 is 0 Å². The van der Waals surface area contributed by atoms with Crippen molar-refractivity contribution in [2.24, 2.45) is 0 Å². The number of fused-ring (bicyclic) bond motifs is 2. The van der Waals surface area contributed by atoms with Crippen LogP contribution in [0.2, 0.25) is 0 Å². The van der Waals surface area contributed by atoms with E-state index < -0.39 is 0 Å². The fraction of sp³-hybridized carbons (Fsp3) is 0.350. The summed E-state index contributed by atoms with van der Waals surface area (Å²) in [5.74, 6) is 0.740. The van der Waals surface area contributed by atoms with Crippen LogP contribution in [0.15, 0.2) is 42.5 Å². The summed E-state index contributed by atoms with van der Waals surface area (Å²) in [5, 5.41) is 6.64. The molecule has 1 amide bonds. The molecule has 2 aromatic rings. The Morgan fingerprint density at radius 1 is 1.15 bits per heavy atom. The summed E-state index contributed by atoms with van der Waals surface area (Å²) in [4.78, 5) is 28.0. The van der Waals surface area contributed by atoms with E-state index in [0.29, 0.717) is 35.0 Å².